The van der Waals surface area contributed by atoms with E-state index in [0.717, 1.165) is 43.1 Å². The van der Waals surface area contributed by atoms with Crippen LogP contribution in [0.4, 0.5) is 11.4 Å². The number of nitrogens with one attached hydrogen (secondary N) is 1. The summed E-state index contributed by atoms with van der Waals surface area (Å²) in [6, 6.07) is 13.9. The summed E-state index contributed by atoms with van der Waals surface area (Å²) in [5.41, 5.74) is 5.17. The fourth-order valence-electron chi connectivity index (χ4n) is 2.80. The number of benzene rings is 2. The molecule has 142 valence electrons. The number of morpholine rings is 1. The number of carbonyl (C=O) groups is 1. The van der Waals surface area contributed by atoms with Crippen molar-refractivity contribution in [3.05, 3.63) is 59.2 Å². The van der Waals surface area contributed by atoms with E-state index in [0.29, 0.717) is 0 Å². The maximum atomic E-state index is 11.9. The van der Waals surface area contributed by atoms with Crippen LogP contribution in [0.15, 0.2) is 47.6 Å². The molecule has 0 saturated carbocycles. The van der Waals surface area contributed by atoms with E-state index in [1.165, 1.54) is 11.3 Å². The van der Waals surface area contributed by atoms with Crippen molar-refractivity contribution in [1.29, 1.82) is 0 Å². The molecular weight excluding hydrogens is 342 g/mol. The third kappa shape index (κ3) is 5.56. The van der Waals surface area contributed by atoms with Crippen molar-refractivity contribution >= 4 is 23.5 Å². The second-order valence-corrected chi connectivity index (χ2v) is 6.55. The van der Waals surface area contributed by atoms with Crippen molar-refractivity contribution in [2.75, 3.05) is 43.1 Å². The standard InChI is InChI=1S/C21H25N3O3/c1-16-3-6-19(13-17(16)2)23-21(25)15-27-22-14-18-4-7-20(8-5-18)24-9-11-26-12-10-24/h3-8,13-14H,9-12,15H2,1-2H3,(H,23,25). The van der Waals surface area contributed by atoms with Crippen LogP contribution in [0.25, 0.3) is 0 Å². The Morgan fingerprint density at radius 3 is 2.59 bits per heavy atom. The second-order valence-electron chi connectivity index (χ2n) is 6.55. The average molecular weight is 367 g/mol. The molecule has 0 atom stereocenters. The minimum absolute atomic E-state index is 0.130. The predicted octanol–water partition coefficient (Wildman–Crippen LogP) is 3.13. The largest absolute Gasteiger partial charge is 0.386 e. The second kappa shape index (κ2) is 9.19. The van der Waals surface area contributed by atoms with Gasteiger partial charge in [-0.15, -0.1) is 0 Å². The van der Waals surface area contributed by atoms with Crippen LogP contribution in [-0.2, 0) is 14.4 Å². The minimum Gasteiger partial charge on any atom is -0.386 e. The highest BCUT2D eigenvalue weighted by Crippen LogP contribution is 2.16. The highest BCUT2D eigenvalue weighted by atomic mass is 16.6. The smallest absolute Gasteiger partial charge is 0.265 e. The third-order valence-corrected chi connectivity index (χ3v) is 4.53. The summed E-state index contributed by atoms with van der Waals surface area (Å²) in [5, 5.41) is 6.68. The summed E-state index contributed by atoms with van der Waals surface area (Å²) in [7, 11) is 0. The van der Waals surface area contributed by atoms with Crippen LogP contribution in [0.5, 0.6) is 0 Å². The van der Waals surface area contributed by atoms with Crippen molar-refractivity contribution in [1.82, 2.24) is 0 Å². The van der Waals surface area contributed by atoms with Gasteiger partial charge in [-0.25, -0.2) is 0 Å². The molecule has 0 radical (unpaired) electrons. The Labute approximate surface area is 159 Å². The Morgan fingerprint density at radius 1 is 1.15 bits per heavy atom. The number of aryl methyl sites for hydroxylation is 2. The van der Waals surface area contributed by atoms with E-state index in [4.69, 9.17) is 9.57 Å². The van der Waals surface area contributed by atoms with Crippen LogP contribution in [0.3, 0.4) is 0 Å². The summed E-state index contributed by atoms with van der Waals surface area (Å²) in [4.78, 5) is 19.3. The highest BCUT2D eigenvalue weighted by molar-refractivity contribution is 5.91. The number of hydrogen-bond acceptors (Lipinski definition) is 5. The summed E-state index contributed by atoms with van der Waals surface area (Å²) < 4.78 is 5.37. The quantitative estimate of drug-likeness (QED) is 0.629. The predicted molar refractivity (Wildman–Crippen MR) is 108 cm³/mol. The van der Waals surface area contributed by atoms with Gasteiger partial charge < -0.3 is 19.8 Å². The maximum Gasteiger partial charge on any atom is 0.265 e. The van der Waals surface area contributed by atoms with E-state index < -0.39 is 0 Å². The number of hydrogen-bond donors (Lipinski definition) is 1. The van der Waals surface area contributed by atoms with Gasteiger partial charge in [-0.3, -0.25) is 4.79 Å². The highest BCUT2D eigenvalue weighted by Gasteiger charge is 2.10. The molecule has 2 aromatic rings. The van der Waals surface area contributed by atoms with Gasteiger partial charge in [-0.05, 0) is 54.8 Å². The lowest BCUT2D eigenvalue weighted by Gasteiger charge is -2.28. The average Bonchev–Trinajstić information content (AvgIpc) is 2.69. The molecule has 1 fully saturated rings. The van der Waals surface area contributed by atoms with E-state index in [1.807, 2.05) is 44.2 Å². The van der Waals surface area contributed by atoms with E-state index in [-0.39, 0.29) is 12.5 Å². The first kappa shape index (κ1) is 18.9. The number of rotatable bonds is 6. The zero-order chi connectivity index (χ0) is 19.1. The number of oxime groups is 1. The van der Waals surface area contributed by atoms with Crippen LogP contribution >= 0.6 is 0 Å². The Bertz CT molecular complexity index is 797. The molecule has 1 amide bonds. The van der Waals surface area contributed by atoms with Crippen LogP contribution in [0.1, 0.15) is 16.7 Å². The lowest BCUT2D eigenvalue weighted by Crippen LogP contribution is -2.36. The molecule has 1 heterocycles. The Hall–Kier alpha value is -2.86. The topological polar surface area (TPSA) is 63.2 Å². The first-order chi connectivity index (χ1) is 13.1. The van der Waals surface area contributed by atoms with Crippen LogP contribution in [0, 0.1) is 13.8 Å². The van der Waals surface area contributed by atoms with Gasteiger partial charge in [0.15, 0.2) is 6.61 Å². The van der Waals surface area contributed by atoms with Crippen molar-refractivity contribution in [3.63, 3.8) is 0 Å². The fourth-order valence-corrected chi connectivity index (χ4v) is 2.80. The third-order valence-electron chi connectivity index (χ3n) is 4.53. The van der Waals surface area contributed by atoms with E-state index in [2.05, 4.69) is 27.5 Å². The monoisotopic (exact) mass is 367 g/mol. The molecule has 2 aromatic carbocycles. The van der Waals surface area contributed by atoms with Gasteiger partial charge in [0.05, 0.1) is 19.4 Å². The Balaban J connectivity index is 1.44. The van der Waals surface area contributed by atoms with Crippen LogP contribution in [0.2, 0.25) is 0 Å². The molecule has 6 heteroatoms. The molecule has 3 rings (SSSR count). The SMILES string of the molecule is Cc1ccc(NC(=O)CON=Cc2ccc(N3CCOCC3)cc2)cc1C. The van der Waals surface area contributed by atoms with Crippen molar-refractivity contribution < 1.29 is 14.4 Å². The molecule has 0 bridgehead atoms. The minimum atomic E-state index is -0.238. The normalized spacial score (nSPS) is 14.4. The maximum absolute atomic E-state index is 11.9. The van der Waals surface area contributed by atoms with Gasteiger partial charge in [0.25, 0.3) is 5.91 Å². The molecule has 1 saturated heterocycles. The van der Waals surface area contributed by atoms with E-state index in [9.17, 15) is 4.79 Å². The zero-order valence-corrected chi connectivity index (χ0v) is 15.8. The number of anilines is 2. The summed E-state index contributed by atoms with van der Waals surface area (Å²) >= 11 is 0. The Kier molecular flexibility index (Phi) is 6.44. The molecule has 27 heavy (non-hydrogen) atoms. The fraction of sp³-hybridized carbons (Fsp3) is 0.333. The van der Waals surface area contributed by atoms with Crippen LogP contribution in [-0.4, -0.2) is 45.0 Å². The van der Waals surface area contributed by atoms with E-state index >= 15 is 0 Å². The van der Waals surface area contributed by atoms with Crippen LogP contribution < -0.4 is 10.2 Å². The molecular formula is C21H25N3O3. The van der Waals surface area contributed by atoms with Gasteiger partial charge in [-0.1, -0.05) is 23.4 Å². The molecule has 0 spiro atoms. The van der Waals surface area contributed by atoms with Crippen molar-refractivity contribution in [2.24, 2.45) is 5.16 Å². The molecule has 1 aliphatic rings. The summed E-state index contributed by atoms with van der Waals surface area (Å²) in [6.45, 7) is 7.26. The molecule has 0 aliphatic carbocycles. The Morgan fingerprint density at radius 2 is 1.89 bits per heavy atom. The lowest BCUT2D eigenvalue weighted by atomic mass is 10.1. The van der Waals surface area contributed by atoms with Gasteiger partial charge in [-0.2, -0.15) is 0 Å². The van der Waals surface area contributed by atoms with Gasteiger partial charge >= 0.3 is 0 Å². The molecule has 0 aromatic heterocycles. The van der Waals surface area contributed by atoms with Gasteiger partial charge in [0.1, 0.15) is 0 Å². The number of nitrogens with zero attached hydrogens (tertiary/aromatic N) is 2. The number of ether oxygens (including phenoxy) is 1. The molecule has 1 N–H and O–H groups in total. The lowest BCUT2D eigenvalue weighted by molar-refractivity contribution is -0.120. The summed E-state index contributed by atoms with van der Waals surface area (Å²) in [6.07, 6.45) is 1.60. The molecule has 1 aliphatic heterocycles. The van der Waals surface area contributed by atoms with Crippen molar-refractivity contribution in [3.8, 4) is 0 Å². The zero-order valence-electron chi connectivity index (χ0n) is 15.8. The first-order valence-electron chi connectivity index (χ1n) is 9.07. The van der Waals surface area contributed by atoms with E-state index in [1.54, 1.807) is 6.21 Å². The van der Waals surface area contributed by atoms with Gasteiger partial charge in [0.2, 0.25) is 0 Å². The summed E-state index contributed by atoms with van der Waals surface area (Å²) in [5.74, 6) is -0.238. The molecule has 0 unspecified atom stereocenters. The van der Waals surface area contributed by atoms with Gasteiger partial charge in [0, 0.05) is 24.5 Å². The molecule has 6 nitrogen and oxygen atoms in total. The number of amides is 1. The first-order valence-corrected chi connectivity index (χ1v) is 9.07. The van der Waals surface area contributed by atoms with Crippen molar-refractivity contribution in [2.45, 2.75) is 13.8 Å². The number of carbonyl (C=O) groups excluding carboxylic acids is 1.